The summed E-state index contributed by atoms with van der Waals surface area (Å²) >= 11 is 6.44. The van der Waals surface area contributed by atoms with Crippen LogP contribution < -0.4 is 5.32 Å². The Hall–Kier alpha value is -1.77. The molecule has 0 saturated heterocycles. The molecule has 2 unspecified atom stereocenters. The summed E-state index contributed by atoms with van der Waals surface area (Å²) in [4.78, 5) is 3.58. The Morgan fingerprint density at radius 1 is 1.05 bits per heavy atom. The topological polar surface area (TPSA) is 27.8 Å². The number of aromatic nitrogens is 1. The number of halogens is 1. The molecule has 0 saturated carbocycles. The molecule has 3 heteroatoms. The van der Waals surface area contributed by atoms with Gasteiger partial charge in [-0.05, 0) is 30.2 Å². The van der Waals surface area contributed by atoms with Crippen molar-refractivity contribution in [2.75, 3.05) is 6.54 Å². The lowest BCUT2D eigenvalue weighted by Crippen LogP contribution is -2.31. The molecule has 2 N–H and O–H groups in total. The van der Waals surface area contributed by atoms with E-state index >= 15 is 0 Å². The lowest BCUT2D eigenvalue weighted by Gasteiger charge is -2.29. The number of nitrogens with one attached hydrogen (secondary N) is 2. The molecule has 2 nitrogen and oxygen atoms in total. The molecule has 2 aromatic carbocycles. The highest BCUT2D eigenvalue weighted by Crippen LogP contribution is 2.40. The zero-order valence-electron chi connectivity index (χ0n) is 11.9. The lowest BCUT2D eigenvalue weighted by molar-refractivity contribution is 0.502. The molecule has 2 atom stereocenters. The average Bonchev–Trinajstić information content (AvgIpc) is 2.89. The first-order valence-electron chi connectivity index (χ1n) is 7.34. The Bertz CT molecular complexity index is 806. The molecule has 2 heterocycles. The third-order valence-corrected chi connectivity index (χ3v) is 4.81. The number of fused-ring (bicyclic) bond motifs is 3. The minimum absolute atomic E-state index is 0.293. The van der Waals surface area contributed by atoms with Crippen molar-refractivity contribution in [2.45, 2.75) is 18.9 Å². The molecule has 106 valence electrons. The highest BCUT2D eigenvalue weighted by Gasteiger charge is 2.30. The summed E-state index contributed by atoms with van der Waals surface area (Å²) < 4.78 is 0. The van der Waals surface area contributed by atoms with Crippen LogP contribution in [0.3, 0.4) is 0 Å². The van der Waals surface area contributed by atoms with E-state index in [2.05, 4.69) is 53.6 Å². The molecular formula is C18H17ClN2. The number of para-hydroxylation sites is 1. The summed E-state index contributed by atoms with van der Waals surface area (Å²) in [5.41, 5.74) is 5.08. The van der Waals surface area contributed by atoms with Crippen LogP contribution in [0.15, 0.2) is 48.5 Å². The van der Waals surface area contributed by atoms with Crippen molar-refractivity contribution in [3.63, 3.8) is 0 Å². The molecule has 0 radical (unpaired) electrons. The number of rotatable bonds is 1. The Balaban J connectivity index is 1.98. The van der Waals surface area contributed by atoms with Crippen LogP contribution in [0.5, 0.6) is 0 Å². The second-order valence-electron chi connectivity index (χ2n) is 5.70. The molecule has 1 aromatic heterocycles. The molecule has 3 aromatic rings. The van der Waals surface area contributed by atoms with E-state index in [1.165, 1.54) is 27.7 Å². The van der Waals surface area contributed by atoms with Crippen molar-refractivity contribution < 1.29 is 0 Å². The first kappa shape index (κ1) is 12.9. The van der Waals surface area contributed by atoms with Crippen LogP contribution in [0.25, 0.3) is 10.9 Å². The van der Waals surface area contributed by atoms with Gasteiger partial charge < -0.3 is 10.3 Å². The lowest BCUT2D eigenvalue weighted by atomic mass is 9.85. The number of aromatic amines is 1. The Labute approximate surface area is 129 Å². The number of benzene rings is 2. The maximum atomic E-state index is 6.44. The molecule has 4 rings (SSSR count). The van der Waals surface area contributed by atoms with Gasteiger partial charge in [-0.25, -0.2) is 0 Å². The zero-order chi connectivity index (χ0) is 14.4. The van der Waals surface area contributed by atoms with Crippen molar-refractivity contribution in [1.29, 1.82) is 0 Å². The molecular weight excluding hydrogens is 280 g/mol. The van der Waals surface area contributed by atoms with Gasteiger partial charge in [-0.15, -0.1) is 0 Å². The van der Waals surface area contributed by atoms with E-state index in [1.807, 2.05) is 12.1 Å². The van der Waals surface area contributed by atoms with Crippen LogP contribution in [0.1, 0.15) is 35.7 Å². The fraction of sp³-hybridized carbons (Fsp3) is 0.222. The van der Waals surface area contributed by atoms with Gasteiger partial charge in [0.2, 0.25) is 0 Å². The van der Waals surface area contributed by atoms with Crippen LogP contribution in [0.4, 0.5) is 0 Å². The van der Waals surface area contributed by atoms with E-state index in [1.54, 1.807) is 0 Å². The summed E-state index contributed by atoms with van der Waals surface area (Å²) in [6, 6.07) is 17.0. The largest absolute Gasteiger partial charge is 0.357 e. The Morgan fingerprint density at radius 2 is 1.81 bits per heavy atom. The fourth-order valence-electron chi connectivity index (χ4n) is 3.42. The SMILES string of the molecule is CC1NCC(c2ccccc2Cl)c2c1[nH]c1ccccc21. The van der Waals surface area contributed by atoms with Crippen LogP contribution in [-0.4, -0.2) is 11.5 Å². The van der Waals surface area contributed by atoms with Crippen LogP contribution >= 0.6 is 11.6 Å². The maximum Gasteiger partial charge on any atom is 0.0459 e. The predicted octanol–water partition coefficient (Wildman–Crippen LogP) is 4.62. The first-order chi connectivity index (χ1) is 10.3. The quantitative estimate of drug-likeness (QED) is 0.674. The smallest absolute Gasteiger partial charge is 0.0459 e. The molecule has 0 fully saturated rings. The van der Waals surface area contributed by atoms with Gasteiger partial charge in [0.05, 0.1) is 0 Å². The van der Waals surface area contributed by atoms with Gasteiger partial charge in [0.15, 0.2) is 0 Å². The van der Waals surface area contributed by atoms with Crippen LogP contribution in [0, 0.1) is 0 Å². The van der Waals surface area contributed by atoms with E-state index in [0.29, 0.717) is 12.0 Å². The van der Waals surface area contributed by atoms with Gasteiger partial charge in [-0.3, -0.25) is 0 Å². The van der Waals surface area contributed by atoms with Crippen molar-refractivity contribution in [2.24, 2.45) is 0 Å². The number of H-pyrrole nitrogens is 1. The third-order valence-electron chi connectivity index (χ3n) is 4.47. The molecule has 0 amide bonds. The summed E-state index contributed by atoms with van der Waals surface area (Å²) in [5.74, 6) is 0.293. The van der Waals surface area contributed by atoms with E-state index < -0.39 is 0 Å². The minimum Gasteiger partial charge on any atom is -0.357 e. The zero-order valence-corrected chi connectivity index (χ0v) is 12.6. The Morgan fingerprint density at radius 3 is 2.67 bits per heavy atom. The minimum atomic E-state index is 0.293. The number of hydrogen-bond donors (Lipinski definition) is 2. The summed E-state index contributed by atoms with van der Waals surface area (Å²) in [6.45, 7) is 3.12. The van der Waals surface area contributed by atoms with Crippen LogP contribution in [-0.2, 0) is 0 Å². The Kier molecular flexibility index (Phi) is 3.02. The standard InChI is InChI=1S/C18H17ClN2/c1-11-18-17(13-7-3-5-9-16(13)21-18)14(10-20-11)12-6-2-4-8-15(12)19/h2-9,11,14,20-21H,10H2,1H3. The van der Waals surface area contributed by atoms with Gasteiger partial charge in [0.25, 0.3) is 0 Å². The maximum absolute atomic E-state index is 6.44. The van der Waals surface area contributed by atoms with E-state index in [4.69, 9.17) is 11.6 Å². The van der Waals surface area contributed by atoms with Gasteiger partial charge in [0.1, 0.15) is 0 Å². The molecule has 1 aliphatic heterocycles. The van der Waals surface area contributed by atoms with Gasteiger partial charge >= 0.3 is 0 Å². The van der Waals surface area contributed by atoms with Gasteiger partial charge in [0, 0.05) is 40.1 Å². The molecule has 21 heavy (non-hydrogen) atoms. The van der Waals surface area contributed by atoms with Gasteiger partial charge in [-0.1, -0.05) is 48.0 Å². The van der Waals surface area contributed by atoms with E-state index in [-0.39, 0.29) is 0 Å². The monoisotopic (exact) mass is 296 g/mol. The first-order valence-corrected chi connectivity index (χ1v) is 7.72. The second-order valence-corrected chi connectivity index (χ2v) is 6.11. The highest BCUT2D eigenvalue weighted by atomic mass is 35.5. The van der Waals surface area contributed by atoms with Crippen molar-refractivity contribution in [1.82, 2.24) is 10.3 Å². The van der Waals surface area contributed by atoms with E-state index in [0.717, 1.165) is 11.6 Å². The van der Waals surface area contributed by atoms with E-state index in [9.17, 15) is 0 Å². The average molecular weight is 297 g/mol. The fourth-order valence-corrected chi connectivity index (χ4v) is 3.69. The molecule has 0 bridgehead atoms. The van der Waals surface area contributed by atoms with Gasteiger partial charge in [-0.2, -0.15) is 0 Å². The molecule has 0 aliphatic carbocycles. The highest BCUT2D eigenvalue weighted by molar-refractivity contribution is 6.31. The third kappa shape index (κ3) is 1.98. The predicted molar refractivity (Wildman–Crippen MR) is 88.0 cm³/mol. The molecule has 0 spiro atoms. The summed E-state index contributed by atoms with van der Waals surface area (Å²) in [5, 5.41) is 5.74. The number of hydrogen-bond acceptors (Lipinski definition) is 1. The van der Waals surface area contributed by atoms with Crippen molar-refractivity contribution in [3.8, 4) is 0 Å². The second kappa shape index (κ2) is 4.90. The van der Waals surface area contributed by atoms with Crippen molar-refractivity contribution >= 4 is 22.5 Å². The molecule has 1 aliphatic rings. The summed E-state index contributed by atoms with van der Waals surface area (Å²) in [6.07, 6.45) is 0. The summed E-state index contributed by atoms with van der Waals surface area (Å²) in [7, 11) is 0. The van der Waals surface area contributed by atoms with Crippen LogP contribution in [0.2, 0.25) is 5.02 Å². The van der Waals surface area contributed by atoms with Crippen molar-refractivity contribution in [3.05, 3.63) is 70.4 Å². The normalized spacial score (nSPS) is 21.4.